The van der Waals surface area contributed by atoms with Crippen LogP contribution in [0.25, 0.3) is 0 Å². The molecule has 2 unspecified atom stereocenters. The smallest absolute Gasteiger partial charge is 0.0434 e. The highest BCUT2D eigenvalue weighted by molar-refractivity contribution is 7.66. The van der Waals surface area contributed by atoms with Crippen LogP contribution in [0.1, 0.15) is 19.3 Å². The van der Waals surface area contributed by atoms with Crippen LogP contribution >= 0.6 is 15.8 Å². The van der Waals surface area contributed by atoms with Crippen molar-refractivity contribution >= 4 is 26.5 Å². The number of aliphatic hydroxyl groups excluding tert-OH is 2. The Labute approximate surface area is 154 Å². The number of rotatable bonds is 12. The molecule has 0 amide bonds. The third kappa shape index (κ3) is 7.55. The summed E-state index contributed by atoms with van der Waals surface area (Å²) in [5.41, 5.74) is 0. The van der Waals surface area contributed by atoms with Gasteiger partial charge < -0.3 is 10.2 Å². The molecule has 0 spiro atoms. The Morgan fingerprint density at radius 1 is 0.520 bits per heavy atom. The third-order valence-electron chi connectivity index (χ3n) is 4.27. The van der Waals surface area contributed by atoms with Crippen molar-refractivity contribution < 1.29 is 10.2 Å². The molecule has 4 heteroatoms. The molecule has 2 atom stereocenters. The zero-order valence-electron chi connectivity index (χ0n) is 14.9. The maximum atomic E-state index is 9.21. The number of hydrogen-bond donors (Lipinski definition) is 2. The summed E-state index contributed by atoms with van der Waals surface area (Å²) in [5.74, 6) is 0. The largest absolute Gasteiger partial charge is 0.396 e. The van der Waals surface area contributed by atoms with E-state index in [1.165, 1.54) is 29.4 Å². The minimum absolute atomic E-state index is 0.173. The summed E-state index contributed by atoms with van der Waals surface area (Å²) in [4.78, 5) is 0. The summed E-state index contributed by atoms with van der Waals surface area (Å²) in [6, 6.07) is 21.6. The highest BCUT2D eigenvalue weighted by Crippen LogP contribution is 2.40. The summed E-state index contributed by atoms with van der Waals surface area (Å²) in [6.07, 6.45) is 7.76. The maximum absolute atomic E-state index is 9.21. The molecule has 2 aromatic carbocycles. The normalized spacial score (nSPS) is 13.5. The van der Waals surface area contributed by atoms with E-state index in [-0.39, 0.29) is 15.8 Å². The Kier molecular flexibility index (Phi) is 10.3. The number of aliphatic hydroxyl groups is 2. The van der Waals surface area contributed by atoms with Gasteiger partial charge in [0, 0.05) is 13.2 Å². The molecule has 2 aromatic rings. The molecule has 0 saturated heterocycles. The predicted octanol–water partition coefficient (Wildman–Crippen LogP) is 3.76. The van der Waals surface area contributed by atoms with Crippen LogP contribution in [-0.4, -0.2) is 48.1 Å². The first-order valence-corrected chi connectivity index (χ1v) is 12.6. The quantitative estimate of drug-likeness (QED) is 0.554. The molecule has 0 fully saturated rings. The minimum atomic E-state index is -0.173. The van der Waals surface area contributed by atoms with E-state index < -0.39 is 0 Å². The summed E-state index contributed by atoms with van der Waals surface area (Å²) < 4.78 is 0. The first-order valence-electron chi connectivity index (χ1n) is 9.17. The van der Waals surface area contributed by atoms with Crippen LogP contribution in [0.4, 0.5) is 0 Å². The van der Waals surface area contributed by atoms with Crippen LogP contribution < -0.4 is 10.6 Å². The molecular formula is C21H30O2P2. The van der Waals surface area contributed by atoms with Gasteiger partial charge in [0.2, 0.25) is 0 Å². The first-order chi connectivity index (χ1) is 12.3. The van der Waals surface area contributed by atoms with Gasteiger partial charge in [-0.15, -0.1) is 0 Å². The van der Waals surface area contributed by atoms with Gasteiger partial charge in [-0.3, -0.25) is 0 Å². The fraction of sp³-hybridized carbons (Fsp3) is 0.429. The molecule has 0 aromatic heterocycles. The Balaban J connectivity index is 1.93. The second kappa shape index (κ2) is 12.6. The van der Waals surface area contributed by atoms with Crippen molar-refractivity contribution in [3.05, 3.63) is 60.7 Å². The van der Waals surface area contributed by atoms with Gasteiger partial charge in [-0.1, -0.05) is 76.5 Å². The lowest BCUT2D eigenvalue weighted by atomic mass is 10.4. The molecule has 0 aliphatic carbocycles. The van der Waals surface area contributed by atoms with Crippen molar-refractivity contribution in [2.45, 2.75) is 19.3 Å². The molecule has 25 heavy (non-hydrogen) atoms. The number of benzene rings is 2. The van der Waals surface area contributed by atoms with Crippen LogP contribution in [0.5, 0.6) is 0 Å². The van der Waals surface area contributed by atoms with E-state index >= 15 is 0 Å². The fourth-order valence-corrected chi connectivity index (χ4v) is 8.04. The molecule has 2 N–H and O–H groups in total. The standard InChI is InChI=1S/C21H30O2P2/c22-14-7-16-24(20-10-3-1-4-11-20)18-9-19-25(17-8-15-23)21-12-5-2-6-13-21/h1-6,10-13,22-23H,7-9,14-19H2. The van der Waals surface area contributed by atoms with E-state index in [0.29, 0.717) is 13.2 Å². The topological polar surface area (TPSA) is 40.5 Å². The van der Waals surface area contributed by atoms with Crippen molar-refractivity contribution in [1.82, 2.24) is 0 Å². The first kappa shape index (κ1) is 20.5. The highest BCUT2D eigenvalue weighted by Gasteiger charge is 2.14. The molecule has 0 aliphatic heterocycles. The number of hydrogen-bond acceptors (Lipinski definition) is 2. The van der Waals surface area contributed by atoms with E-state index in [4.69, 9.17) is 0 Å². The molecule has 2 rings (SSSR count). The summed E-state index contributed by atoms with van der Waals surface area (Å²) in [7, 11) is -0.346. The van der Waals surface area contributed by atoms with E-state index in [0.717, 1.165) is 25.2 Å². The molecule has 0 bridgehead atoms. The molecule has 136 valence electrons. The van der Waals surface area contributed by atoms with Gasteiger partial charge in [0.25, 0.3) is 0 Å². The second-order valence-electron chi connectivity index (χ2n) is 6.15. The molecule has 0 heterocycles. The van der Waals surface area contributed by atoms with Gasteiger partial charge in [0.1, 0.15) is 0 Å². The maximum Gasteiger partial charge on any atom is 0.0434 e. The van der Waals surface area contributed by atoms with Crippen LogP contribution in [0.3, 0.4) is 0 Å². The highest BCUT2D eigenvalue weighted by atomic mass is 31.1. The van der Waals surface area contributed by atoms with E-state index in [9.17, 15) is 10.2 Å². The predicted molar refractivity (Wildman–Crippen MR) is 113 cm³/mol. The summed E-state index contributed by atoms with van der Waals surface area (Å²) >= 11 is 0. The average Bonchev–Trinajstić information content (AvgIpc) is 2.68. The Bertz CT molecular complexity index is 511. The summed E-state index contributed by atoms with van der Waals surface area (Å²) in [5, 5.41) is 21.3. The minimum Gasteiger partial charge on any atom is -0.396 e. The van der Waals surface area contributed by atoms with Gasteiger partial charge in [0.15, 0.2) is 0 Å². The lowest BCUT2D eigenvalue weighted by Crippen LogP contribution is -2.11. The zero-order valence-corrected chi connectivity index (χ0v) is 16.7. The Morgan fingerprint density at radius 2 is 0.880 bits per heavy atom. The van der Waals surface area contributed by atoms with Gasteiger partial charge in [-0.25, -0.2) is 0 Å². The van der Waals surface area contributed by atoms with Crippen molar-refractivity contribution in [2.24, 2.45) is 0 Å². The second-order valence-corrected chi connectivity index (χ2v) is 11.1. The Hall–Kier alpha value is -0.780. The van der Waals surface area contributed by atoms with E-state index in [1.807, 2.05) is 0 Å². The zero-order chi connectivity index (χ0) is 17.7. The lowest BCUT2D eigenvalue weighted by Gasteiger charge is -2.21. The molecular weight excluding hydrogens is 346 g/mol. The van der Waals surface area contributed by atoms with Gasteiger partial charge in [0.05, 0.1) is 0 Å². The van der Waals surface area contributed by atoms with Gasteiger partial charge >= 0.3 is 0 Å². The van der Waals surface area contributed by atoms with Crippen LogP contribution in [0.15, 0.2) is 60.7 Å². The van der Waals surface area contributed by atoms with Crippen LogP contribution in [-0.2, 0) is 0 Å². The SMILES string of the molecule is OCCCP(CCCP(CCCO)c1ccccc1)c1ccccc1. The molecule has 0 aliphatic rings. The average molecular weight is 376 g/mol. The monoisotopic (exact) mass is 376 g/mol. The van der Waals surface area contributed by atoms with Gasteiger partial charge in [-0.2, -0.15) is 0 Å². The van der Waals surface area contributed by atoms with Crippen molar-refractivity contribution in [3.63, 3.8) is 0 Å². The molecule has 2 nitrogen and oxygen atoms in total. The third-order valence-corrected chi connectivity index (χ3v) is 9.75. The lowest BCUT2D eigenvalue weighted by molar-refractivity contribution is 0.296. The van der Waals surface area contributed by atoms with Crippen molar-refractivity contribution in [2.75, 3.05) is 37.9 Å². The molecule has 0 saturated carbocycles. The molecule has 0 radical (unpaired) electrons. The van der Waals surface area contributed by atoms with Crippen LogP contribution in [0.2, 0.25) is 0 Å². The fourth-order valence-electron chi connectivity index (χ4n) is 2.99. The van der Waals surface area contributed by atoms with Crippen LogP contribution in [0, 0.1) is 0 Å². The van der Waals surface area contributed by atoms with E-state index in [2.05, 4.69) is 60.7 Å². The van der Waals surface area contributed by atoms with Crippen molar-refractivity contribution in [3.8, 4) is 0 Å². The van der Waals surface area contributed by atoms with Crippen molar-refractivity contribution in [1.29, 1.82) is 0 Å². The Morgan fingerprint density at radius 3 is 1.24 bits per heavy atom. The van der Waals surface area contributed by atoms with Gasteiger partial charge in [-0.05, 0) is 54.5 Å². The van der Waals surface area contributed by atoms with E-state index in [1.54, 1.807) is 0 Å². The summed E-state index contributed by atoms with van der Waals surface area (Å²) in [6.45, 7) is 0.581.